The van der Waals surface area contributed by atoms with Crippen LogP contribution in [0, 0.1) is 5.92 Å². The zero-order valence-electron chi connectivity index (χ0n) is 16.1. The number of nitrogens with zero attached hydrogens (tertiary/aromatic N) is 2. The van der Waals surface area contributed by atoms with E-state index in [2.05, 4.69) is 48.5 Å². The van der Waals surface area contributed by atoms with Crippen molar-refractivity contribution in [1.82, 2.24) is 15.1 Å². The van der Waals surface area contributed by atoms with E-state index in [-0.39, 0.29) is 5.91 Å². The van der Waals surface area contributed by atoms with E-state index in [0.717, 1.165) is 31.5 Å². The van der Waals surface area contributed by atoms with E-state index >= 15 is 0 Å². The lowest BCUT2D eigenvalue weighted by molar-refractivity contribution is -0.121. The molecule has 0 spiro atoms. The molecule has 144 valence electrons. The number of hydrogen-bond donors (Lipinski definition) is 2. The fraction of sp³-hybridized carbons (Fsp3) is 0.476. The largest absolute Gasteiger partial charge is 0.365 e. The van der Waals surface area contributed by atoms with Gasteiger partial charge in [-0.15, -0.1) is 0 Å². The van der Waals surface area contributed by atoms with Crippen LogP contribution in [-0.4, -0.2) is 28.1 Å². The Bertz CT molecular complexity index is 808. The van der Waals surface area contributed by atoms with Crippen LogP contribution in [0.15, 0.2) is 30.5 Å². The van der Waals surface area contributed by atoms with E-state index in [1.807, 2.05) is 4.68 Å². The van der Waals surface area contributed by atoms with Gasteiger partial charge >= 0.3 is 0 Å². The molecule has 0 bridgehead atoms. The Morgan fingerprint density at radius 3 is 2.70 bits per heavy atom. The Kier molecular flexibility index (Phi) is 5.94. The highest BCUT2D eigenvalue weighted by Gasteiger charge is 2.24. The first-order valence-electron chi connectivity index (χ1n) is 9.64. The topological polar surface area (TPSA) is 90.0 Å². The third kappa shape index (κ3) is 4.76. The van der Waals surface area contributed by atoms with Crippen molar-refractivity contribution in [2.24, 2.45) is 11.7 Å². The van der Waals surface area contributed by atoms with Gasteiger partial charge in [-0.3, -0.25) is 14.3 Å². The number of carbonyl (C=O) groups excluding carboxylic acids is 2. The quantitative estimate of drug-likeness (QED) is 0.786. The SMILES string of the molecule is CC(C)c1ccc(CCC(=O)NCC2CCn3ncc(C(N)=O)c3C2)cc1. The number of rotatable bonds is 7. The summed E-state index contributed by atoms with van der Waals surface area (Å²) in [6.45, 7) is 5.72. The molecule has 1 atom stereocenters. The Morgan fingerprint density at radius 2 is 2.04 bits per heavy atom. The Labute approximate surface area is 160 Å². The summed E-state index contributed by atoms with van der Waals surface area (Å²) in [5.74, 6) is 0.451. The van der Waals surface area contributed by atoms with Gasteiger partial charge in [0, 0.05) is 19.5 Å². The Hall–Kier alpha value is -2.63. The molecular formula is C21H28N4O2. The first kappa shape index (κ1) is 19.1. The molecule has 27 heavy (non-hydrogen) atoms. The van der Waals surface area contributed by atoms with Gasteiger partial charge in [0.25, 0.3) is 5.91 Å². The molecule has 1 aliphatic heterocycles. The van der Waals surface area contributed by atoms with Gasteiger partial charge in [0.1, 0.15) is 0 Å². The smallest absolute Gasteiger partial charge is 0.252 e. The van der Waals surface area contributed by atoms with Crippen molar-refractivity contribution in [2.45, 2.75) is 52.0 Å². The molecule has 0 radical (unpaired) electrons. The van der Waals surface area contributed by atoms with Crippen molar-refractivity contribution in [1.29, 1.82) is 0 Å². The minimum atomic E-state index is -0.440. The van der Waals surface area contributed by atoms with Crippen molar-refractivity contribution in [3.8, 4) is 0 Å². The number of carbonyl (C=O) groups is 2. The molecule has 3 rings (SSSR count). The van der Waals surface area contributed by atoms with Gasteiger partial charge in [-0.25, -0.2) is 0 Å². The van der Waals surface area contributed by atoms with Crippen molar-refractivity contribution < 1.29 is 9.59 Å². The highest BCUT2D eigenvalue weighted by Crippen LogP contribution is 2.22. The standard InChI is InChI=1S/C21H28N4O2/c1-14(2)17-6-3-15(4-7-17)5-8-20(26)23-12-16-9-10-25-19(11-16)18(13-24-25)21(22)27/h3-4,6-7,13-14,16H,5,8-12H2,1-2H3,(H2,22,27)(H,23,26). The average Bonchev–Trinajstić information content (AvgIpc) is 3.08. The molecule has 1 aliphatic rings. The van der Waals surface area contributed by atoms with Gasteiger partial charge in [-0.1, -0.05) is 38.1 Å². The van der Waals surface area contributed by atoms with Gasteiger partial charge in [0.05, 0.1) is 17.5 Å². The third-order valence-corrected chi connectivity index (χ3v) is 5.32. The number of primary amides is 1. The van der Waals surface area contributed by atoms with Crippen LogP contribution in [0.25, 0.3) is 0 Å². The highest BCUT2D eigenvalue weighted by atomic mass is 16.1. The van der Waals surface area contributed by atoms with Crippen molar-refractivity contribution in [2.75, 3.05) is 6.54 Å². The van der Waals surface area contributed by atoms with Crippen LogP contribution in [0.3, 0.4) is 0 Å². The van der Waals surface area contributed by atoms with E-state index in [1.165, 1.54) is 11.1 Å². The van der Waals surface area contributed by atoms with Crippen molar-refractivity contribution in [3.05, 3.63) is 52.8 Å². The molecule has 0 saturated carbocycles. The summed E-state index contributed by atoms with van der Waals surface area (Å²) in [6, 6.07) is 8.49. The van der Waals surface area contributed by atoms with E-state index in [9.17, 15) is 9.59 Å². The molecule has 3 N–H and O–H groups in total. The van der Waals surface area contributed by atoms with Gasteiger partial charge in [0.15, 0.2) is 0 Å². The van der Waals surface area contributed by atoms with Crippen LogP contribution < -0.4 is 11.1 Å². The number of aryl methyl sites for hydroxylation is 2. The second-order valence-electron chi connectivity index (χ2n) is 7.65. The number of nitrogens with one attached hydrogen (secondary N) is 1. The summed E-state index contributed by atoms with van der Waals surface area (Å²) in [5, 5.41) is 7.26. The number of hydrogen-bond acceptors (Lipinski definition) is 3. The van der Waals surface area contributed by atoms with Gasteiger partial charge < -0.3 is 11.1 Å². The van der Waals surface area contributed by atoms with Gasteiger partial charge in [0.2, 0.25) is 5.91 Å². The number of amides is 2. The number of benzene rings is 1. The highest BCUT2D eigenvalue weighted by molar-refractivity contribution is 5.93. The summed E-state index contributed by atoms with van der Waals surface area (Å²) < 4.78 is 1.85. The van der Waals surface area contributed by atoms with Crippen LogP contribution in [-0.2, 0) is 24.2 Å². The lowest BCUT2D eigenvalue weighted by Gasteiger charge is -2.24. The third-order valence-electron chi connectivity index (χ3n) is 5.32. The van der Waals surface area contributed by atoms with Crippen molar-refractivity contribution in [3.63, 3.8) is 0 Å². The molecule has 6 heteroatoms. The van der Waals surface area contributed by atoms with E-state index in [0.29, 0.717) is 30.4 Å². The second kappa shape index (κ2) is 8.37. The number of nitrogens with two attached hydrogens (primary N) is 1. The van der Waals surface area contributed by atoms with Crippen molar-refractivity contribution >= 4 is 11.8 Å². The Balaban J connectivity index is 1.45. The maximum atomic E-state index is 12.2. The van der Waals surface area contributed by atoms with Gasteiger partial charge in [-0.2, -0.15) is 5.10 Å². The second-order valence-corrected chi connectivity index (χ2v) is 7.65. The van der Waals surface area contributed by atoms with Crippen LogP contribution in [0.5, 0.6) is 0 Å². The molecule has 0 aliphatic carbocycles. The molecule has 0 fully saturated rings. The zero-order valence-corrected chi connectivity index (χ0v) is 16.1. The van der Waals surface area contributed by atoms with Crippen LogP contribution in [0.1, 0.15) is 59.8 Å². The summed E-state index contributed by atoms with van der Waals surface area (Å²) in [6.07, 6.45) is 4.42. The summed E-state index contributed by atoms with van der Waals surface area (Å²) >= 11 is 0. The molecule has 0 saturated heterocycles. The normalized spacial score (nSPS) is 16.2. The summed E-state index contributed by atoms with van der Waals surface area (Å²) in [5.41, 5.74) is 9.29. The fourth-order valence-electron chi connectivity index (χ4n) is 3.55. The molecule has 6 nitrogen and oxygen atoms in total. The van der Waals surface area contributed by atoms with Crippen LogP contribution in [0.2, 0.25) is 0 Å². The minimum Gasteiger partial charge on any atom is -0.365 e. The minimum absolute atomic E-state index is 0.0668. The number of fused-ring (bicyclic) bond motifs is 1. The summed E-state index contributed by atoms with van der Waals surface area (Å²) in [4.78, 5) is 23.7. The fourth-order valence-corrected chi connectivity index (χ4v) is 3.55. The predicted molar refractivity (Wildman–Crippen MR) is 104 cm³/mol. The predicted octanol–water partition coefficient (Wildman–Crippen LogP) is 2.42. The molecule has 2 amide bonds. The van der Waals surface area contributed by atoms with E-state index < -0.39 is 5.91 Å². The first-order valence-corrected chi connectivity index (χ1v) is 9.64. The number of aromatic nitrogens is 2. The lowest BCUT2D eigenvalue weighted by Crippen LogP contribution is -2.34. The maximum Gasteiger partial charge on any atom is 0.252 e. The van der Waals surface area contributed by atoms with E-state index in [4.69, 9.17) is 5.73 Å². The molecule has 1 aromatic heterocycles. The first-order chi connectivity index (χ1) is 12.9. The lowest BCUT2D eigenvalue weighted by atomic mass is 9.94. The molecule has 1 unspecified atom stereocenters. The summed E-state index contributed by atoms with van der Waals surface area (Å²) in [7, 11) is 0. The Morgan fingerprint density at radius 1 is 1.30 bits per heavy atom. The monoisotopic (exact) mass is 368 g/mol. The molecule has 1 aromatic carbocycles. The molecule has 2 aromatic rings. The maximum absolute atomic E-state index is 12.2. The van der Waals surface area contributed by atoms with Crippen LogP contribution >= 0.6 is 0 Å². The van der Waals surface area contributed by atoms with Crippen LogP contribution in [0.4, 0.5) is 0 Å². The molecule has 2 heterocycles. The average molecular weight is 368 g/mol. The molecular weight excluding hydrogens is 340 g/mol. The van der Waals surface area contributed by atoms with Gasteiger partial charge in [-0.05, 0) is 42.2 Å². The zero-order chi connectivity index (χ0) is 19.4. The van der Waals surface area contributed by atoms with E-state index in [1.54, 1.807) is 6.20 Å².